The van der Waals surface area contributed by atoms with Crippen LogP contribution in [0.2, 0.25) is 0 Å². The summed E-state index contributed by atoms with van der Waals surface area (Å²) in [4.78, 5) is 0. The van der Waals surface area contributed by atoms with Crippen molar-refractivity contribution in [1.29, 1.82) is 0 Å². The molecule has 0 radical (unpaired) electrons. The number of fused-ring (bicyclic) bond motifs is 7. The van der Waals surface area contributed by atoms with Crippen LogP contribution >= 0.6 is 0 Å². The van der Waals surface area contributed by atoms with Crippen molar-refractivity contribution in [3.63, 3.8) is 0 Å². The van der Waals surface area contributed by atoms with Gasteiger partial charge in [0.1, 0.15) is 0 Å². The van der Waals surface area contributed by atoms with Gasteiger partial charge in [-0.3, -0.25) is 0 Å². The first kappa shape index (κ1) is 10.9. The number of rotatable bonds is 0. The summed E-state index contributed by atoms with van der Waals surface area (Å²) in [6, 6.07) is 15.5. The maximum atomic E-state index is 5.90. The van der Waals surface area contributed by atoms with Crippen LogP contribution in [0.1, 0.15) is 16.7 Å². The molecule has 1 aliphatic carbocycles. The predicted molar refractivity (Wildman–Crippen MR) is 92.7 cm³/mol. The Kier molecular flexibility index (Phi) is 1.64. The second-order valence-electron chi connectivity index (χ2n) is 6.30. The average Bonchev–Trinajstić information content (AvgIpc) is 3.22. The van der Waals surface area contributed by atoms with E-state index in [1.165, 1.54) is 49.0 Å². The molecular weight excluding hydrogens is 268 g/mol. The molecule has 1 nitrogen and oxygen atoms in total. The Morgan fingerprint density at radius 1 is 0.773 bits per heavy atom. The second-order valence-corrected chi connectivity index (χ2v) is 6.30. The predicted octanol–water partition coefficient (Wildman–Crippen LogP) is 6.04. The van der Waals surface area contributed by atoms with Gasteiger partial charge in [0, 0.05) is 10.8 Å². The van der Waals surface area contributed by atoms with Crippen molar-refractivity contribution in [1.82, 2.24) is 0 Å². The number of hydrogen-bond donors (Lipinski definition) is 0. The van der Waals surface area contributed by atoms with Gasteiger partial charge in [-0.1, -0.05) is 48.0 Å². The van der Waals surface area contributed by atoms with Gasteiger partial charge in [-0.2, -0.15) is 0 Å². The lowest BCUT2D eigenvalue weighted by molar-refractivity contribution is 0.657. The van der Waals surface area contributed by atoms with Gasteiger partial charge in [-0.15, -0.1) is 0 Å². The van der Waals surface area contributed by atoms with Crippen molar-refractivity contribution in [2.24, 2.45) is 0 Å². The number of hydrogen-bond acceptors (Lipinski definition) is 1. The minimum Gasteiger partial charge on any atom is -0.448 e. The van der Waals surface area contributed by atoms with Gasteiger partial charge in [0.15, 0.2) is 11.5 Å². The van der Waals surface area contributed by atoms with Crippen LogP contribution < -0.4 is 4.74 Å². The zero-order chi connectivity index (χ0) is 14.4. The lowest BCUT2D eigenvalue weighted by Gasteiger charge is -2.08. The van der Waals surface area contributed by atoms with Crippen LogP contribution in [0.3, 0.4) is 0 Å². The Morgan fingerprint density at radius 3 is 2.68 bits per heavy atom. The molecule has 4 aromatic carbocycles. The Bertz CT molecular complexity index is 1200. The fourth-order valence-corrected chi connectivity index (χ4v) is 3.95. The molecule has 0 spiro atoms. The first-order valence-electron chi connectivity index (χ1n) is 7.63. The molecule has 0 fully saturated rings. The minimum absolute atomic E-state index is 1.07. The standard InChI is InChI=1S/C21H12O/c1-11-5-7-14-16-10-13-4-2-3-12-6-8-15(18(12)13)19(16)21-20(22-21)17(14)9-11/h2-10H,1H3. The third-order valence-corrected chi connectivity index (χ3v) is 4.97. The molecule has 1 aliphatic heterocycles. The normalized spacial score (nSPS) is 13.9. The second kappa shape index (κ2) is 3.33. The third kappa shape index (κ3) is 1.13. The van der Waals surface area contributed by atoms with Crippen molar-refractivity contribution in [2.45, 2.75) is 6.92 Å². The van der Waals surface area contributed by atoms with E-state index in [0.717, 1.165) is 11.5 Å². The third-order valence-electron chi connectivity index (χ3n) is 4.97. The van der Waals surface area contributed by atoms with Gasteiger partial charge in [0.2, 0.25) is 0 Å². The molecule has 1 heteroatoms. The highest BCUT2D eigenvalue weighted by Gasteiger charge is 2.31. The molecule has 0 atom stereocenters. The van der Waals surface area contributed by atoms with Gasteiger partial charge in [-0.25, -0.2) is 0 Å². The van der Waals surface area contributed by atoms with Gasteiger partial charge in [0.25, 0.3) is 0 Å². The number of ether oxygens (including phenoxy) is 1. The minimum atomic E-state index is 1.07. The Hall–Kier alpha value is -2.80. The van der Waals surface area contributed by atoms with Crippen molar-refractivity contribution >= 4 is 44.5 Å². The van der Waals surface area contributed by atoms with E-state index in [-0.39, 0.29) is 0 Å². The monoisotopic (exact) mass is 280 g/mol. The van der Waals surface area contributed by atoms with E-state index in [1.807, 2.05) is 0 Å². The summed E-state index contributed by atoms with van der Waals surface area (Å²) in [6.07, 6.45) is 4.45. The summed E-state index contributed by atoms with van der Waals surface area (Å²) >= 11 is 0. The summed E-state index contributed by atoms with van der Waals surface area (Å²) in [6.45, 7) is 2.13. The summed E-state index contributed by atoms with van der Waals surface area (Å²) in [5.41, 5.74) is 3.91. The van der Waals surface area contributed by atoms with Crippen molar-refractivity contribution < 1.29 is 4.74 Å². The van der Waals surface area contributed by atoms with Gasteiger partial charge >= 0.3 is 0 Å². The molecule has 0 aromatic heterocycles. The van der Waals surface area contributed by atoms with Gasteiger partial charge < -0.3 is 4.74 Å². The molecule has 0 unspecified atom stereocenters. The topological polar surface area (TPSA) is 12.5 Å². The number of aryl methyl sites for hydroxylation is 1. The summed E-state index contributed by atoms with van der Waals surface area (Å²) in [5, 5.41) is 7.79. The Morgan fingerprint density at radius 2 is 1.73 bits per heavy atom. The largest absolute Gasteiger partial charge is 0.448 e. The van der Waals surface area contributed by atoms with E-state index in [9.17, 15) is 0 Å². The first-order valence-corrected chi connectivity index (χ1v) is 7.63. The Labute approximate surface area is 127 Å². The van der Waals surface area contributed by atoms with Crippen LogP contribution in [0.5, 0.6) is 11.5 Å². The summed E-state index contributed by atoms with van der Waals surface area (Å²) in [7, 11) is 0. The van der Waals surface area contributed by atoms with Crippen LogP contribution in [-0.2, 0) is 0 Å². The molecule has 4 aromatic rings. The molecular formula is C21H12O. The molecule has 6 rings (SSSR count). The molecule has 2 aliphatic rings. The van der Waals surface area contributed by atoms with Crippen LogP contribution in [0, 0.1) is 6.92 Å². The Balaban J connectivity index is 1.96. The highest BCUT2D eigenvalue weighted by Crippen LogP contribution is 2.58. The molecule has 0 bridgehead atoms. The first-order chi connectivity index (χ1) is 10.8. The van der Waals surface area contributed by atoms with E-state index >= 15 is 0 Å². The van der Waals surface area contributed by atoms with E-state index < -0.39 is 0 Å². The highest BCUT2D eigenvalue weighted by molar-refractivity contribution is 6.25. The zero-order valence-corrected chi connectivity index (χ0v) is 12.1. The fraction of sp³-hybridized carbons (Fsp3) is 0.0476. The van der Waals surface area contributed by atoms with Gasteiger partial charge in [-0.05, 0) is 51.7 Å². The summed E-state index contributed by atoms with van der Waals surface area (Å²) < 4.78 is 5.90. The number of benzene rings is 4. The molecule has 22 heavy (non-hydrogen) atoms. The maximum absolute atomic E-state index is 5.90. The van der Waals surface area contributed by atoms with E-state index in [0.29, 0.717) is 0 Å². The van der Waals surface area contributed by atoms with Crippen LogP contribution in [0.15, 0.2) is 42.5 Å². The molecule has 0 saturated heterocycles. The SMILES string of the molecule is Cc1ccc2c(c1)c1c(c3c4c5c(cccc5cc32)C=C4)O1. The van der Waals surface area contributed by atoms with Crippen LogP contribution in [0.4, 0.5) is 0 Å². The van der Waals surface area contributed by atoms with Crippen molar-refractivity contribution in [3.8, 4) is 11.5 Å². The van der Waals surface area contributed by atoms with Crippen molar-refractivity contribution in [3.05, 3.63) is 59.2 Å². The quantitative estimate of drug-likeness (QED) is 0.187. The fourth-order valence-electron chi connectivity index (χ4n) is 3.95. The summed E-state index contributed by atoms with van der Waals surface area (Å²) in [5.74, 6) is 2.14. The van der Waals surface area contributed by atoms with Crippen molar-refractivity contribution in [2.75, 3.05) is 0 Å². The average molecular weight is 280 g/mol. The van der Waals surface area contributed by atoms with E-state index in [4.69, 9.17) is 4.74 Å². The molecule has 1 heterocycles. The lowest BCUT2D eigenvalue weighted by atomic mass is 9.93. The highest BCUT2D eigenvalue weighted by atomic mass is 16.6. The molecule has 102 valence electrons. The van der Waals surface area contributed by atoms with Gasteiger partial charge in [0.05, 0.1) is 0 Å². The molecule has 0 amide bonds. The lowest BCUT2D eigenvalue weighted by Crippen LogP contribution is -1.83. The molecule has 0 N–H and O–H groups in total. The van der Waals surface area contributed by atoms with E-state index in [1.54, 1.807) is 0 Å². The van der Waals surface area contributed by atoms with E-state index in [2.05, 4.69) is 61.5 Å². The van der Waals surface area contributed by atoms with Crippen LogP contribution in [-0.4, -0.2) is 0 Å². The smallest absolute Gasteiger partial charge is 0.179 e. The maximum Gasteiger partial charge on any atom is 0.179 e. The van der Waals surface area contributed by atoms with Crippen LogP contribution in [0.25, 0.3) is 44.5 Å². The zero-order valence-electron chi connectivity index (χ0n) is 12.1. The molecule has 0 saturated carbocycles.